The normalized spacial score (nSPS) is 10.2. The molecule has 3 nitrogen and oxygen atoms in total. The number of carbonyl (C=O) groups is 1. The van der Waals surface area contributed by atoms with Gasteiger partial charge in [-0.25, -0.2) is 4.79 Å². The summed E-state index contributed by atoms with van der Waals surface area (Å²) in [6.07, 6.45) is 0. The van der Waals surface area contributed by atoms with E-state index in [1.54, 1.807) is 48.2 Å². The zero-order chi connectivity index (χ0) is 14.4. The third-order valence-electron chi connectivity index (χ3n) is 2.54. The summed E-state index contributed by atoms with van der Waals surface area (Å²) in [6, 6.07) is 14.0. The molecule has 0 atom stereocenters. The molecule has 0 aromatic heterocycles. The summed E-state index contributed by atoms with van der Waals surface area (Å²) in [6.45, 7) is 0.576. The average molecular weight is 309 g/mol. The first-order valence-electron chi connectivity index (χ1n) is 6.00. The van der Waals surface area contributed by atoms with Crippen LogP contribution in [0.2, 0.25) is 5.02 Å². The first kappa shape index (κ1) is 14.8. The summed E-state index contributed by atoms with van der Waals surface area (Å²) in [4.78, 5) is 11.7. The lowest BCUT2D eigenvalue weighted by Gasteiger charge is -2.06. The number of ether oxygens (including phenoxy) is 1. The molecule has 20 heavy (non-hydrogen) atoms. The molecule has 2 aromatic rings. The van der Waals surface area contributed by atoms with Crippen molar-refractivity contribution < 1.29 is 14.6 Å². The average Bonchev–Trinajstić information content (AvgIpc) is 2.46. The van der Waals surface area contributed by atoms with E-state index in [0.717, 1.165) is 16.4 Å². The van der Waals surface area contributed by atoms with Crippen molar-refractivity contribution in [1.82, 2.24) is 0 Å². The van der Waals surface area contributed by atoms with Crippen LogP contribution in [-0.4, -0.2) is 23.4 Å². The molecule has 5 heteroatoms. The Balaban J connectivity index is 1.75. The van der Waals surface area contributed by atoms with Crippen LogP contribution < -0.4 is 4.74 Å². The van der Waals surface area contributed by atoms with Gasteiger partial charge in [0.15, 0.2) is 0 Å². The smallest absolute Gasteiger partial charge is 0.335 e. The first-order valence-corrected chi connectivity index (χ1v) is 7.36. The van der Waals surface area contributed by atoms with Gasteiger partial charge in [-0.15, -0.1) is 11.8 Å². The number of rotatable bonds is 6. The largest absolute Gasteiger partial charge is 0.493 e. The van der Waals surface area contributed by atoms with Gasteiger partial charge >= 0.3 is 5.97 Å². The van der Waals surface area contributed by atoms with Crippen molar-refractivity contribution in [2.24, 2.45) is 0 Å². The number of benzene rings is 2. The van der Waals surface area contributed by atoms with Crippen molar-refractivity contribution in [3.8, 4) is 5.75 Å². The molecule has 0 saturated heterocycles. The summed E-state index contributed by atoms with van der Waals surface area (Å²) in [5.74, 6) is 0.665. The van der Waals surface area contributed by atoms with E-state index < -0.39 is 5.97 Å². The second-order valence-corrected chi connectivity index (χ2v) is 5.59. The Hall–Kier alpha value is -1.65. The molecule has 0 amide bonds. The highest BCUT2D eigenvalue weighted by Crippen LogP contribution is 2.19. The molecule has 0 bridgehead atoms. The van der Waals surface area contributed by atoms with Crippen LogP contribution in [-0.2, 0) is 0 Å². The van der Waals surface area contributed by atoms with Gasteiger partial charge < -0.3 is 9.84 Å². The Morgan fingerprint density at radius 3 is 2.35 bits per heavy atom. The predicted octanol–water partition coefficient (Wildman–Crippen LogP) is 4.21. The molecule has 2 aromatic carbocycles. The van der Waals surface area contributed by atoms with Crippen LogP contribution in [0.1, 0.15) is 10.4 Å². The van der Waals surface area contributed by atoms with E-state index in [1.807, 2.05) is 12.1 Å². The number of carboxylic acids is 1. The van der Waals surface area contributed by atoms with E-state index in [2.05, 4.69) is 0 Å². The van der Waals surface area contributed by atoms with Gasteiger partial charge in [0.2, 0.25) is 0 Å². The lowest BCUT2D eigenvalue weighted by atomic mass is 10.2. The van der Waals surface area contributed by atoms with Gasteiger partial charge in [-0.3, -0.25) is 0 Å². The summed E-state index contributed by atoms with van der Waals surface area (Å²) in [5.41, 5.74) is 0.298. The van der Waals surface area contributed by atoms with Crippen molar-refractivity contribution in [2.75, 3.05) is 12.4 Å². The van der Waals surface area contributed by atoms with E-state index in [9.17, 15) is 4.79 Å². The van der Waals surface area contributed by atoms with Gasteiger partial charge in [0.1, 0.15) is 5.75 Å². The minimum absolute atomic E-state index is 0.298. The Bertz CT molecular complexity index is 567. The molecule has 104 valence electrons. The zero-order valence-electron chi connectivity index (χ0n) is 10.6. The van der Waals surface area contributed by atoms with E-state index in [0.29, 0.717) is 17.2 Å². The Labute approximate surface area is 126 Å². The van der Waals surface area contributed by atoms with Crippen LogP contribution in [0, 0.1) is 0 Å². The zero-order valence-corrected chi connectivity index (χ0v) is 12.2. The van der Waals surface area contributed by atoms with Crippen LogP contribution in [0.4, 0.5) is 0 Å². The van der Waals surface area contributed by atoms with Crippen molar-refractivity contribution in [1.29, 1.82) is 0 Å². The van der Waals surface area contributed by atoms with E-state index in [-0.39, 0.29) is 0 Å². The SMILES string of the molecule is O=C(O)c1ccc(SCCOc2ccc(Cl)cc2)cc1. The highest BCUT2D eigenvalue weighted by molar-refractivity contribution is 7.99. The predicted molar refractivity (Wildman–Crippen MR) is 81.1 cm³/mol. The molecule has 1 N–H and O–H groups in total. The standard InChI is InChI=1S/C15H13ClO3S/c16-12-3-5-13(6-4-12)19-9-10-20-14-7-1-11(2-8-14)15(17)18/h1-8H,9-10H2,(H,17,18). The van der Waals surface area contributed by atoms with Gasteiger partial charge in [0.25, 0.3) is 0 Å². The van der Waals surface area contributed by atoms with Gasteiger partial charge in [-0.05, 0) is 48.5 Å². The first-order chi connectivity index (χ1) is 9.65. The molecule has 0 heterocycles. The molecule has 0 unspecified atom stereocenters. The van der Waals surface area contributed by atoms with Crippen molar-refractivity contribution in [3.05, 3.63) is 59.1 Å². The van der Waals surface area contributed by atoms with Gasteiger partial charge in [0, 0.05) is 15.7 Å². The molecule has 2 rings (SSSR count). The van der Waals surface area contributed by atoms with Gasteiger partial charge in [0.05, 0.1) is 12.2 Å². The highest BCUT2D eigenvalue weighted by Gasteiger charge is 2.02. The molecule has 0 saturated carbocycles. The maximum Gasteiger partial charge on any atom is 0.335 e. The summed E-state index contributed by atoms with van der Waals surface area (Å²) in [7, 11) is 0. The lowest BCUT2D eigenvalue weighted by Crippen LogP contribution is -2.00. The molecule has 0 spiro atoms. The molecule has 0 aliphatic heterocycles. The highest BCUT2D eigenvalue weighted by atomic mass is 35.5. The minimum Gasteiger partial charge on any atom is -0.493 e. The molecule has 0 fully saturated rings. The van der Waals surface area contributed by atoms with Crippen molar-refractivity contribution >= 4 is 29.3 Å². The molecular weight excluding hydrogens is 296 g/mol. The van der Waals surface area contributed by atoms with E-state index in [4.69, 9.17) is 21.4 Å². The number of halogens is 1. The molecule has 0 aliphatic carbocycles. The van der Waals surface area contributed by atoms with Crippen LogP contribution in [0.25, 0.3) is 0 Å². The molecule has 0 aliphatic rings. The second kappa shape index (κ2) is 7.22. The topological polar surface area (TPSA) is 46.5 Å². The van der Waals surface area contributed by atoms with Crippen molar-refractivity contribution in [2.45, 2.75) is 4.90 Å². The van der Waals surface area contributed by atoms with Gasteiger partial charge in [-0.1, -0.05) is 11.6 Å². The fourth-order valence-electron chi connectivity index (χ4n) is 1.54. The Kier molecular flexibility index (Phi) is 5.32. The lowest BCUT2D eigenvalue weighted by molar-refractivity contribution is 0.0697. The minimum atomic E-state index is -0.910. The van der Waals surface area contributed by atoms with Crippen LogP contribution in [0.15, 0.2) is 53.4 Å². The van der Waals surface area contributed by atoms with Gasteiger partial charge in [-0.2, -0.15) is 0 Å². The van der Waals surface area contributed by atoms with Crippen molar-refractivity contribution in [3.63, 3.8) is 0 Å². The number of thioether (sulfide) groups is 1. The number of hydrogen-bond donors (Lipinski definition) is 1. The maximum atomic E-state index is 10.7. The fourth-order valence-corrected chi connectivity index (χ4v) is 2.40. The Morgan fingerprint density at radius 1 is 1.10 bits per heavy atom. The summed E-state index contributed by atoms with van der Waals surface area (Å²) >= 11 is 7.41. The molecular formula is C15H13ClO3S. The third-order valence-corrected chi connectivity index (χ3v) is 3.76. The third kappa shape index (κ3) is 4.47. The number of carboxylic acid groups (broad SMARTS) is 1. The van der Waals surface area contributed by atoms with Crippen LogP contribution in [0.3, 0.4) is 0 Å². The van der Waals surface area contributed by atoms with E-state index >= 15 is 0 Å². The summed E-state index contributed by atoms with van der Waals surface area (Å²) < 4.78 is 5.57. The monoisotopic (exact) mass is 308 g/mol. The second-order valence-electron chi connectivity index (χ2n) is 3.98. The number of hydrogen-bond acceptors (Lipinski definition) is 3. The number of aromatic carboxylic acids is 1. The fraction of sp³-hybridized carbons (Fsp3) is 0.133. The quantitative estimate of drug-likeness (QED) is 0.641. The maximum absolute atomic E-state index is 10.7. The molecule has 0 radical (unpaired) electrons. The van der Waals surface area contributed by atoms with Crippen LogP contribution in [0.5, 0.6) is 5.75 Å². The Morgan fingerprint density at radius 2 is 1.75 bits per heavy atom. The van der Waals surface area contributed by atoms with E-state index in [1.165, 1.54) is 0 Å². The van der Waals surface area contributed by atoms with Crippen LogP contribution >= 0.6 is 23.4 Å². The summed E-state index contributed by atoms with van der Waals surface area (Å²) in [5, 5.41) is 9.48.